The van der Waals surface area contributed by atoms with E-state index in [-0.39, 0.29) is 6.04 Å². The summed E-state index contributed by atoms with van der Waals surface area (Å²) < 4.78 is 0. The minimum absolute atomic E-state index is 0.285. The summed E-state index contributed by atoms with van der Waals surface area (Å²) in [6.07, 6.45) is 7.97. The molecule has 0 spiro atoms. The van der Waals surface area contributed by atoms with Gasteiger partial charge in [-0.2, -0.15) is 0 Å². The highest BCUT2D eigenvalue weighted by molar-refractivity contribution is 5.14. The third-order valence-electron chi connectivity index (χ3n) is 4.22. The number of pyridine rings is 1. The molecular formula is C15H24N2. The zero-order valence-corrected chi connectivity index (χ0v) is 11.0. The van der Waals surface area contributed by atoms with Crippen LogP contribution in [0.4, 0.5) is 0 Å². The van der Waals surface area contributed by atoms with Crippen molar-refractivity contribution in [3.05, 3.63) is 29.6 Å². The Morgan fingerprint density at radius 3 is 2.76 bits per heavy atom. The van der Waals surface area contributed by atoms with Gasteiger partial charge in [-0.3, -0.25) is 4.98 Å². The second-order valence-electron chi connectivity index (χ2n) is 5.45. The fourth-order valence-electron chi connectivity index (χ4n) is 2.99. The first kappa shape index (κ1) is 12.6. The zero-order valence-electron chi connectivity index (χ0n) is 11.0. The van der Waals surface area contributed by atoms with Crippen LogP contribution in [0.1, 0.15) is 44.4 Å². The molecule has 2 rings (SSSR count). The average Bonchev–Trinajstić information content (AvgIpc) is 2.76. The Morgan fingerprint density at radius 1 is 1.41 bits per heavy atom. The molecule has 1 aliphatic rings. The van der Waals surface area contributed by atoms with E-state index < -0.39 is 0 Å². The molecule has 1 saturated carbocycles. The zero-order chi connectivity index (χ0) is 12.3. The maximum atomic E-state index is 6.33. The molecule has 0 aliphatic heterocycles. The maximum Gasteiger partial charge on any atom is 0.0419 e. The van der Waals surface area contributed by atoms with Gasteiger partial charge in [0.1, 0.15) is 0 Å². The van der Waals surface area contributed by atoms with Gasteiger partial charge in [0.25, 0.3) is 0 Å². The van der Waals surface area contributed by atoms with Crippen molar-refractivity contribution in [3.63, 3.8) is 0 Å². The third kappa shape index (κ3) is 3.06. The van der Waals surface area contributed by atoms with E-state index in [0.29, 0.717) is 5.92 Å². The van der Waals surface area contributed by atoms with Gasteiger partial charge in [0.15, 0.2) is 0 Å². The first-order chi connectivity index (χ1) is 8.20. The van der Waals surface area contributed by atoms with E-state index in [1.54, 1.807) is 0 Å². The summed E-state index contributed by atoms with van der Waals surface area (Å²) in [6.45, 7) is 4.49. The Morgan fingerprint density at radius 2 is 2.24 bits per heavy atom. The van der Waals surface area contributed by atoms with Crippen LogP contribution in [-0.4, -0.2) is 11.0 Å². The fraction of sp³-hybridized carbons (Fsp3) is 0.667. The monoisotopic (exact) mass is 232 g/mol. The van der Waals surface area contributed by atoms with Crippen LogP contribution in [0, 0.1) is 11.8 Å². The van der Waals surface area contributed by atoms with Crippen LogP contribution in [0.3, 0.4) is 0 Å². The molecule has 17 heavy (non-hydrogen) atoms. The maximum absolute atomic E-state index is 6.33. The van der Waals surface area contributed by atoms with Gasteiger partial charge in [-0.15, -0.1) is 0 Å². The van der Waals surface area contributed by atoms with Crippen molar-refractivity contribution in [1.29, 1.82) is 0 Å². The minimum Gasteiger partial charge on any atom is -0.327 e. The van der Waals surface area contributed by atoms with Crippen LogP contribution in [-0.2, 0) is 12.8 Å². The summed E-state index contributed by atoms with van der Waals surface area (Å²) in [5.74, 6) is 1.49. The highest BCUT2D eigenvalue weighted by Crippen LogP contribution is 2.33. The minimum atomic E-state index is 0.285. The predicted molar refractivity (Wildman–Crippen MR) is 71.8 cm³/mol. The molecular weight excluding hydrogens is 208 g/mol. The molecule has 3 atom stereocenters. The van der Waals surface area contributed by atoms with Gasteiger partial charge < -0.3 is 5.73 Å². The Balaban J connectivity index is 1.95. The Kier molecular flexibility index (Phi) is 4.16. The van der Waals surface area contributed by atoms with Crippen molar-refractivity contribution in [1.82, 2.24) is 4.98 Å². The number of aromatic nitrogens is 1. The van der Waals surface area contributed by atoms with E-state index in [9.17, 15) is 0 Å². The van der Waals surface area contributed by atoms with E-state index in [1.807, 2.05) is 6.20 Å². The van der Waals surface area contributed by atoms with E-state index in [4.69, 9.17) is 5.73 Å². The van der Waals surface area contributed by atoms with Crippen molar-refractivity contribution >= 4 is 0 Å². The molecule has 2 heteroatoms. The van der Waals surface area contributed by atoms with Crippen LogP contribution in [0.25, 0.3) is 0 Å². The normalized spacial score (nSPS) is 26.1. The fourth-order valence-corrected chi connectivity index (χ4v) is 2.99. The summed E-state index contributed by atoms with van der Waals surface area (Å²) in [4.78, 5) is 4.51. The summed E-state index contributed by atoms with van der Waals surface area (Å²) in [5, 5.41) is 0. The van der Waals surface area contributed by atoms with Gasteiger partial charge in [-0.25, -0.2) is 0 Å². The van der Waals surface area contributed by atoms with Crippen LogP contribution in [0.2, 0.25) is 0 Å². The Labute approximate surface area is 105 Å². The quantitative estimate of drug-likeness (QED) is 0.867. The molecule has 0 aromatic carbocycles. The molecule has 0 amide bonds. The van der Waals surface area contributed by atoms with E-state index in [0.717, 1.165) is 24.5 Å². The SMILES string of the molecule is CCc1ccc(CC(N)C2CCCC2C)nc1. The van der Waals surface area contributed by atoms with Crippen molar-refractivity contribution in [2.45, 2.75) is 52.0 Å². The highest BCUT2D eigenvalue weighted by Gasteiger charge is 2.28. The average molecular weight is 232 g/mol. The van der Waals surface area contributed by atoms with Crippen molar-refractivity contribution in [2.24, 2.45) is 17.6 Å². The second-order valence-corrected chi connectivity index (χ2v) is 5.45. The molecule has 1 fully saturated rings. The van der Waals surface area contributed by atoms with Crippen LogP contribution >= 0.6 is 0 Å². The Hall–Kier alpha value is -0.890. The second kappa shape index (κ2) is 5.63. The van der Waals surface area contributed by atoms with Crippen LogP contribution in [0.15, 0.2) is 18.3 Å². The lowest BCUT2D eigenvalue weighted by molar-refractivity contribution is 0.341. The number of hydrogen-bond donors (Lipinski definition) is 1. The van der Waals surface area contributed by atoms with E-state index >= 15 is 0 Å². The van der Waals surface area contributed by atoms with Crippen molar-refractivity contribution in [2.75, 3.05) is 0 Å². The third-order valence-corrected chi connectivity index (χ3v) is 4.22. The molecule has 1 aromatic heterocycles. The molecule has 2 N–H and O–H groups in total. The lowest BCUT2D eigenvalue weighted by Gasteiger charge is -2.22. The number of hydrogen-bond acceptors (Lipinski definition) is 2. The topological polar surface area (TPSA) is 38.9 Å². The molecule has 1 aromatic rings. The number of nitrogens with zero attached hydrogens (tertiary/aromatic N) is 1. The molecule has 0 radical (unpaired) electrons. The summed E-state index contributed by atoms with van der Waals surface area (Å²) in [6, 6.07) is 4.60. The molecule has 0 bridgehead atoms. The summed E-state index contributed by atoms with van der Waals surface area (Å²) in [5.41, 5.74) is 8.78. The molecule has 1 heterocycles. The van der Waals surface area contributed by atoms with Gasteiger partial charge in [0, 0.05) is 24.4 Å². The molecule has 94 valence electrons. The highest BCUT2D eigenvalue weighted by atomic mass is 14.7. The summed E-state index contributed by atoms with van der Waals surface area (Å²) in [7, 11) is 0. The van der Waals surface area contributed by atoms with Gasteiger partial charge >= 0.3 is 0 Å². The smallest absolute Gasteiger partial charge is 0.0419 e. The number of rotatable bonds is 4. The predicted octanol–water partition coefficient (Wildman–Crippen LogP) is 2.95. The summed E-state index contributed by atoms with van der Waals surface area (Å²) >= 11 is 0. The first-order valence-electron chi connectivity index (χ1n) is 6.90. The Bertz CT molecular complexity index is 344. The van der Waals surface area contributed by atoms with Gasteiger partial charge in [-0.1, -0.05) is 32.8 Å². The number of nitrogens with two attached hydrogens (primary N) is 1. The molecule has 0 saturated heterocycles. The van der Waals surface area contributed by atoms with Gasteiger partial charge in [-0.05, 0) is 36.3 Å². The van der Waals surface area contributed by atoms with E-state index in [2.05, 4.69) is 31.0 Å². The molecule has 1 aliphatic carbocycles. The van der Waals surface area contributed by atoms with Crippen LogP contribution in [0.5, 0.6) is 0 Å². The number of aryl methyl sites for hydroxylation is 1. The molecule has 3 unspecified atom stereocenters. The van der Waals surface area contributed by atoms with Gasteiger partial charge in [0.2, 0.25) is 0 Å². The molecule has 2 nitrogen and oxygen atoms in total. The van der Waals surface area contributed by atoms with Crippen molar-refractivity contribution < 1.29 is 0 Å². The van der Waals surface area contributed by atoms with Crippen LogP contribution < -0.4 is 5.73 Å². The lowest BCUT2D eigenvalue weighted by atomic mass is 9.88. The standard InChI is InChI=1S/C15H24N2/c1-3-12-7-8-13(17-10-12)9-15(16)14-6-4-5-11(14)2/h7-8,10-11,14-15H,3-6,9,16H2,1-2H3. The lowest BCUT2D eigenvalue weighted by Crippen LogP contribution is -2.34. The van der Waals surface area contributed by atoms with Crippen molar-refractivity contribution in [3.8, 4) is 0 Å². The largest absolute Gasteiger partial charge is 0.327 e. The van der Waals surface area contributed by atoms with Gasteiger partial charge in [0.05, 0.1) is 0 Å². The first-order valence-corrected chi connectivity index (χ1v) is 6.90. The van der Waals surface area contributed by atoms with E-state index in [1.165, 1.54) is 24.8 Å².